The van der Waals surface area contributed by atoms with Crippen molar-refractivity contribution in [3.8, 4) is 17.6 Å². The summed E-state index contributed by atoms with van der Waals surface area (Å²) in [6.07, 6.45) is -1.39. The van der Waals surface area contributed by atoms with Gasteiger partial charge in [0, 0.05) is 16.7 Å². The molecule has 2 aromatic rings. The third kappa shape index (κ3) is 8.21. The number of benzene rings is 2. The standard InChI is InChI=1S/C21H20N4O8/c26-18(24-31)12-33-16-9-5-14(6-10-16)2-1-13-3-7-15(8-4-13)19(27)23-17(20(28)25-32)11-22-21(29)30/h3-10,17,22,31-32H,11-12H2,(H,23,27)(H,24,26)(H,25,28)(H,29,30)/t17-/m0/s1. The number of nitrogens with one attached hydrogen (secondary N) is 4. The number of hydrogen-bond donors (Lipinski definition) is 7. The predicted octanol–water partition coefficient (Wildman–Crippen LogP) is -0.158. The molecular weight excluding hydrogens is 436 g/mol. The van der Waals surface area contributed by atoms with E-state index in [1.165, 1.54) is 23.1 Å². The smallest absolute Gasteiger partial charge is 0.404 e. The van der Waals surface area contributed by atoms with Crippen molar-refractivity contribution in [2.75, 3.05) is 13.2 Å². The molecule has 1 atom stereocenters. The van der Waals surface area contributed by atoms with Crippen molar-refractivity contribution in [1.82, 2.24) is 21.6 Å². The minimum absolute atomic E-state index is 0.194. The zero-order chi connectivity index (χ0) is 24.2. The number of carbonyl (C=O) groups excluding carboxylic acids is 3. The van der Waals surface area contributed by atoms with Crippen molar-refractivity contribution in [2.45, 2.75) is 6.04 Å². The Morgan fingerprint density at radius 1 is 0.879 bits per heavy atom. The highest BCUT2D eigenvalue weighted by Gasteiger charge is 2.21. The maximum atomic E-state index is 12.3. The van der Waals surface area contributed by atoms with E-state index >= 15 is 0 Å². The second kappa shape index (κ2) is 12.3. The summed E-state index contributed by atoms with van der Waals surface area (Å²) in [5.41, 5.74) is 4.28. The Hall–Kier alpha value is -4.60. The number of hydrogen-bond acceptors (Lipinski definition) is 7. The van der Waals surface area contributed by atoms with Gasteiger partial charge in [0.1, 0.15) is 11.8 Å². The van der Waals surface area contributed by atoms with Crippen molar-refractivity contribution < 1.29 is 39.4 Å². The van der Waals surface area contributed by atoms with Crippen LogP contribution >= 0.6 is 0 Å². The van der Waals surface area contributed by atoms with Gasteiger partial charge < -0.3 is 20.5 Å². The fourth-order valence-corrected chi connectivity index (χ4v) is 2.38. The number of carboxylic acid groups (broad SMARTS) is 1. The van der Waals surface area contributed by atoms with E-state index in [9.17, 15) is 19.2 Å². The summed E-state index contributed by atoms with van der Waals surface area (Å²) in [5.74, 6) is 3.95. The molecule has 33 heavy (non-hydrogen) atoms. The third-order valence-electron chi connectivity index (χ3n) is 4.04. The first-order chi connectivity index (χ1) is 15.8. The highest BCUT2D eigenvalue weighted by atomic mass is 16.5. The molecule has 7 N–H and O–H groups in total. The van der Waals surface area contributed by atoms with Gasteiger partial charge in [0.05, 0.1) is 6.54 Å². The molecule has 12 heteroatoms. The van der Waals surface area contributed by atoms with Crippen molar-refractivity contribution in [2.24, 2.45) is 0 Å². The van der Waals surface area contributed by atoms with Crippen LogP contribution in [0.4, 0.5) is 4.79 Å². The Balaban J connectivity index is 1.99. The summed E-state index contributed by atoms with van der Waals surface area (Å²) in [5, 5.41) is 30.1. The number of amides is 4. The number of carbonyl (C=O) groups is 4. The van der Waals surface area contributed by atoms with Gasteiger partial charge in [0.2, 0.25) is 0 Å². The Bertz CT molecular complexity index is 1060. The van der Waals surface area contributed by atoms with Crippen molar-refractivity contribution in [1.29, 1.82) is 0 Å². The molecule has 0 spiro atoms. The number of rotatable bonds is 8. The van der Waals surface area contributed by atoms with E-state index in [0.29, 0.717) is 16.9 Å². The Labute approximate surface area is 187 Å². The summed E-state index contributed by atoms with van der Waals surface area (Å²) in [6, 6.07) is 11.4. The van der Waals surface area contributed by atoms with Crippen LogP contribution in [0, 0.1) is 11.8 Å². The maximum absolute atomic E-state index is 12.3. The molecule has 0 aliphatic heterocycles. The SMILES string of the molecule is O=C(O)NC[C@H](NC(=O)c1ccc(C#Cc2ccc(OCC(=O)NO)cc2)cc1)C(=O)NO. The second-order valence-electron chi connectivity index (χ2n) is 6.36. The molecule has 2 rings (SSSR count). The first kappa shape index (κ1) is 24.7. The molecule has 0 aromatic heterocycles. The van der Waals surface area contributed by atoms with E-state index in [-0.39, 0.29) is 12.2 Å². The van der Waals surface area contributed by atoms with E-state index < -0.39 is 36.4 Å². The van der Waals surface area contributed by atoms with E-state index in [2.05, 4.69) is 17.2 Å². The van der Waals surface area contributed by atoms with Crippen LogP contribution in [0.2, 0.25) is 0 Å². The van der Waals surface area contributed by atoms with Gasteiger partial charge in [0.15, 0.2) is 6.61 Å². The monoisotopic (exact) mass is 456 g/mol. The summed E-state index contributed by atoms with van der Waals surface area (Å²) in [7, 11) is 0. The van der Waals surface area contributed by atoms with Crippen molar-refractivity contribution in [3.05, 3.63) is 65.2 Å². The zero-order valence-electron chi connectivity index (χ0n) is 17.0. The fourth-order valence-electron chi connectivity index (χ4n) is 2.38. The molecule has 0 fully saturated rings. The van der Waals surface area contributed by atoms with E-state index in [1.807, 2.05) is 5.32 Å². The van der Waals surface area contributed by atoms with E-state index in [0.717, 1.165) is 0 Å². The first-order valence-corrected chi connectivity index (χ1v) is 9.32. The molecule has 4 amide bonds. The maximum Gasteiger partial charge on any atom is 0.404 e. The average Bonchev–Trinajstić information content (AvgIpc) is 2.83. The van der Waals surface area contributed by atoms with Crippen LogP contribution in [0.15, 0.2) is 48.5 Å². The summed E-state index contributed by atoms with van der Waals surface area (Å²) < 4.78 is 5.16. The van der Waals surface area contributed by atoms with E-state index in [4.69, 9.17) is 20.3 Å². The van der Waals surface area contributed by atoms with Gasteiger partial charge in [0.25, 0.3) is 17.7 Å². The minimum atomic E-state index is -1.39. The average molecular weight is 456 g/mol. The van der Waals surface area contributed by atoms with Crippen LogP contribution in [0.1, 0.15) is 21.5 Å². The lowest BCUT2D eigenvalue weighted by atomic mass is 10.1. The Morgan fingerprint density at radius 2 is 1.45 bits per heavy atom. The molecule has 0 bridgehead atoms. The largest absolute Gasteiger partial charge is 0.484 e. The van der Waals surface area contributed by atoms with Crippen LogP contribution in [0.25, 0.3) is 0 Å². The molecule has 0 radical (unpaired) electrons. The fraction of sp³-hybridized carbons (Fsp3) is 0.143. The molecule has 0 saturated heterocycles. The van der Waals surface area contributed by atoms with Gasteiger partial charge >= 0.3 is 6.09 Å². The molecule has 0 aliphatic rings. The van der Waals surface area contributed by atoms with Crippen molar-refractivity contribution >= 4 is 23.8 Å². The molecule has 2 aromatic carbocycles. The summed E-state index contributed by atoms with van der Waals surface area (Å²) in [6.45, 7) is -0.765. The molecule has 0 unspecified atom stereocenters. The predicted molar refractivity (Wildman–Crippen MR) is 111 cm³/mol. The second-order valence-corrected chi connectivity index (χ2v) is 6.36. The van der Waals surface area contributed by atoms with Crippen molar-refractivity contribution in [3.63, 3.8) is 0 Å². The summed E-state index contributed by atoms with van der Waals surface area (Å²) >= 11 is 0. The van der Waals surface area contributed by atoms with Gasteiger partial charge in [-0.2, -0.15) is 0 Å². The lowest BCUT2D eigenvalue weighted by Crippen LogP contribution is -2.51. The van der Waals surface area contributed by atoms with Crippen LogP contribution < -0.4 is 26.3 Å². The highest BCUT2D eigenvalue weighted by molar-refractivity contribution is 5.97. The molecule has 0 heterocycles. The van der Waals surface area contributed by atoms with Gasteiger partial charge in [-0.15, -0.1) is 0 Å². The lowest BCUT2D eigenvalue weighted by molar-refractivity contribution is -0.131. The molecular formula is C21H20N4O8. The number of hydroxylamine groups is 2. The zero-order valence-corrected chi connectivity index (χ0v) is 17.0. The minimum Gasteiger partial charge on any atom is -0.484 e. The van der Waals surface area contributed by atoms with Gasteiger partial charge in [-0.05, 0) is 48.5 Å². The van der Waals surface area contributed by atoms with Crippen LogP contribution in [-0.2, 0) is 9.59 Å². The molecule has 0 saturated carbocycles. The van der Waals surface area contributed by atoms with Crippen LogP contribution in [0.5, 0.6) is 5.75 Å². The quantitative estimate of drug-likeness (QED) is 0.162. The van der Waals surface area contributed by atoms with Crippen LogP contribution in [0.3, 0.4) is 0 Å². The lowest BCUT2D eigenvalue weighted by Gasteiger charge is -2.16. The van der Waals surface area contributed by atoms with Gasteiger partial charge in [-0.1, -0.05) is 11.8 Å². The Kier molecular flexibility index (Phi) is 9.20. The van der Waals surface area contributed by atoms with E-state index in [1.54, 1.807) is 36.4 Å². The van der Waals surface area contributed by atoms with Crippen LogP contribution in [-0.4, -0.2) is 58.5 Å². The topological polar surface area (TPSA) is 186 Å². The molecule has 0 aliphatic carbocycles. The van der Waals surface area contributed by atoms with Gasteiger partial charge in [-0.3, -0.25) is 24.8 Å². The summed E-state index contributed by atoms with van der Waals surface area (Å²) in [4.78, 5) is 45.5. The highest BCUT2D eigenvalue weighted by Crippen LogP contribution is 2.12. The number of ether oxygens (including phenoxy) is 1. The third-order valence-corrected chi connectivity index (χ3v) is 4.04. The van der Waals surface area contributed by atoms with Gasteiger partial charge in [-0.25, -0.2) is 15.8 Å². The Morgan fingerprint density at radius 3 is 1.97 bits per heavy atom. The molecule has 172 valence electrons. The normalized spacial score (nSPS) is 10.6. The molecule has 12 nitrogen and oxygen atoms in total. The first-order valence-electron chi connectivity index (χ1n) is 9.32.